The minimum atomic E-state index is -0.128. The van der Waals surface area contributed by atoms with Gasteiger partial charge in [-0.2, -0.15) is 5.10 Å². The Kier molecular flexibility index (Phi) is 5.49. The van der Waals surface area contributed by atoms with Gasteiger partial charge in [-0.25, -0.2) is 0 Å². The fourth-order valence-electron chi connectivity index (χ4n) is 4.02. The summed E-state index contributed by atoms with van der Waals surface area (Å²) in [6.45, 7) is 9.91. The summed E-state index contributed by atoms with van der Waals surface area (Å²) < 4.78 is 11.5. The molecule has 0 aromatic carbocycles. The topological polar surface area (TPSA) is 89.9 Å². The fraction of sp³-hybridized carbons (Fsp3) is 0.550. The zero-order valence-electron chi connectivity index (χ0n) is 17.3. The lowest BCUT2D eigenvalue weighted by atomic mass is 9.93. The number of hydrogen-bond donors (Lipinski definition) is 0. The van der Waals surface area contributed by atoms with E-state index in [-0.39, 0.29) is 17.7 Å². The molecule has 29 heavy (non-hydrogen) atoms. The molecule has 8 nitrogen and oxygen atoms in total. The van der Waals surface area contributed by atoms with Gasteiger partial charge in [0.1, 0.15) is 4.88 Å². The van der Waals surface area contributed by atoms with E-state index >= 15 is 0 Å². The van der Waals surface area contributed by atoms with Crippen LogP contribution in [0, 0.1) is 26.7 Å². The minimum absolute atomic E-state index is 0.128. The lowest BCUT2D eigenvalue weighted by Crippen LogP contribution is -2.42. The lowest BCUT2D eigenvalue weighted by Gasteiger charge is -2.34. The van der Waals surface area contributed by atoms with Gasteiger partial charge in [0.15, 0.2) is 5.76 Å². The molecule has 1 aliphatic rings. The molecule has 0 saturated carbocycles. The van der Waals surface area contributed by atoms with Gasteiger partial charge in [-0.3, -0.25) is 9.48 Å². The minimum Gasteiger partial charge on any atom is -0.355 e. The highest BCUT2D eigenvalue weighted by Crippen LogP contribution is 2.35. The Labute approximate surface area is 174 Å². The molecular weight excluding hydrogens is 388 g/mol. The molecule has 1 saturated heterocycles. The Morgan fingerprint density at radius 3 is 2.83 bits per heavy atom. The SMILES string of the molecule is Cc1cc(-c2snnc2C2CCCN(C(=O)C(C)Cn3nc(C)cc3C)C2)on1. The van der Waals surface area contributed by atoms with Crippen molar-refractivity contribution in [2.75, 3.05) is 13.1 Å². The monoisotopic (exact) mass is 414 g/mol. The number of carbonyl (C=O) groups is 1. The summed E-state index contributed by atoms with van der Waals surface area (Å²) in [6.07, 6.45) is 1.94. The van der Waals surface area contributed by atoms with Crippen molar-refractivity contribution in [3.8, 4) is 10.6 Å². The van der Waals surface area contributed by atoms with Crippen LogP contribution >= 0.6 is 11.5 Å². The third kappa shape index (κ3) is 4.10. The van der Waals surface area contributed by atoms with Gasteiger partial charge in [0.25, 0.3) is 0 Å². The normalized spacial score (nSPS) is 18.2. The molecule has 0 aliphatic carbocycles. The van der Waals surface area contributed by atoms with Crippen molar-refractivity contribution in [2.24, 2.45) is 5.92 Å². The smallest absolute Gasteiger partial charge is 0.227 e. The van der Waals surface area contributed by atoms with Gasteiger partial charge in [-0.15, -0.1) is 5.10 Å². The Hall–Kier alpha value is -2.55. The van der Waals surface area contributed by atoms with Crippen LogP contribution in [-0.2, 0) is 11.3 Å². The average molecular weight is 415 g/mol. The summed E-state index contributed by atoms with van der Waals surface area (Å²) in [6, 6.07) is 3.94. The van der Waals surface area contributed by atoms with Gasteiger partial charge < -0.3 is 9.42 Å². The van der Waals surface area contributed by atoms with Crippen LogP contribution in [-0.4, -0.2) is 48.4 Å². The van der Waals surface area contributed by atoms with Gasteiger partial charge in [-0.05, 0) is 51.2 Å². The number of nitrogens with zero attached hydrogens (tertiary/aromatic N) is 6. The molecule has 0 bridgehead atoms. The summed E-state index contributed by atoms with van der Waals surface area (Å²) in [5.74, 6) is 0.904. The Morgan fingerprint density at radius 2 is 2.14 bits per heavy atom. The summed E-state index contributed by atoms with van der Waals surface area (Å²) in [7, 11) is 0. The average Bonchev–Trinajstić information content (AvgIpc) is 3.41. The largest absolute Gasteiger partial charge is 0.355 e. The number of hydrogen-bond acceptors (Lipinski definition) is 7. The van der Waals surface area contributed by atoms with E-state index in [0.29, 0.717) is 18.8 Å². The first kappa shape index (κ1) is 19.8. The second-order valence-electron chi connectivity index (χ2n) is 7.95. The maximum atomic E-state index is 13.1. The van der Waals surface area contributed by atoms with Gasteiger partial charge in [-0.1, -0.05) is 16.6 Å². The second kappa shape index (κ2) is 8.06. The van der Waals surface area contributed by atoms with Crippen molar-refractivity contribution >= 4 is 17.4 Å². The Morgan fingerprint density at radius 1 is 1.31 bits per heavy atom. The van der Waals surface area contributed by atoms with Crippen molar-refractivity contribution in [1.29, 1.82) is 0 Å². The predicted molar refractivity (Wildman–Crippen MR) is 110 cm³/mol. The summed E-state index contributed by atoms with van der Waals surface area (Å²) in [5, 5.41) is 12.8. The standard InChI is InChI=1S/C20H26N6O2S/c1-12(10-26-15(4)8-13(2)22-26)20(27)25-7-5-6-16(11-25)18-19(29-24-21-18)17-9-14(3)23-28-17/h8-9,12,16H,5-7,10-11H2,1-4H3. The molecule has 0 spiro atoms. The van der Waals surface area contributed by atoms with Gasteiger partial charge >= 0.3 is 0 Å². The van der Waals surface area contributed by atoms with Crippen LogP contribution in [0.5, 0.6) is 0 Å². The predicted octanol–water partition coefficient (Wildman–Crippen LogP) is 3.36. The first-order valence-corrected chi connectivity index (χ1v) is 10.8. The molecule has 3 aromatic rings. The molecule has 4 heterocycles. The van der Waals surface area contributed by atoms with Crippen LogP contribution in [0.25, 0.3) is 10.6 Å². The summed E-state index contributed by atoms with van der Waals surface area (Å²) >= 11 is 1.32. The van der Waals surface area contributed by atoms with E-state index < -0.39 is 0 Å². The Bertz CT molecular complexity index is 1010. The highest BCUT2D eigenvalue weighted by atomic mass is 32.1. The highest BCUT2D eigenvalue weighted by Gasteiger charge is 2.31. The van der Waals surface area contributed by atoms with Gasteiger partial charge in [0.05, 0.1) is 29.5 Å². The van der Waals surface area contributed by atoms with Gasteiger partial charge in [0.2, 0.25) is 5.91 Å². The molecule has 4 rings (SSSR count). The molecule has 0 radical (unpaired) electrons. The molecule has 2 atom stereocenters. The molecule has 1 aliphatic heterocycles. The number of aryl methyl sites for hydroxylation is 3. The van der Waals surface area contributed by atoms with E-state index in [1.54, 1.807) is 0 Å². The zero-order valence-corrected chi connectivity index (χ0v) is 18.1. The van der Waals surface area contributed by atoms with Crippen molar-refractivity contribution < 1.29 is 9.32 Å². The van der Waals surface area contributed by atoms with E-state index in [9.17, 15) is 4.79 Å². The van der Waals surface area contributed by atoms with Crippen molar-refractivity contribution in [3.05, 3.63) is 34.9 Å². The number of aromatic nitrogens is 5. The number of piperidine rings is 1. The first-order valence-electron chi connectivity index (χ1n) is 9.98. The maximum Gasteiger partial charge on any atom is 0.227 e. The molecule has 3 aromatic heterocycles. The molecule has 0 N–H and O–H groups in total. The number of carbonyl (C=O) groups excluding carboxylic acids is 1. The molecule has 1 fully saturated rings. The van der Waals surface area contributed by atoms with Gasteiger partial charge in [0, 0.05) is 30.8 Å². The fourth-order valence-corrected chi connectivity index (χ4v) is 4.71. The molecule has 154 valence electrons. The summed E-state index contributed by atoms with van der Waals surface area (Å²) in [5.41, 5.74) is 3.80. The first-order chi connectivity index (χ1) is 13.9. The van der Waals surface area contributed by atoms with Crippen LogP contribution in [0.2, 0.25) is 0 Å². The lowest BCUT2D eigenvalue weighted by molar-refractivity contribution is -0.136. The number of amides is 1. The molecule has 9 heteroatoms. The van der Waals surface area contributed by atoms with E-state index in [0.717, 1.165) is 47.0 Å². The summed E-state index contributed by atoms with van der Waals surface area (Å²) in [4.78, 5) is 16.0. The van der Waals surface area contributed by atoms with Crippen molar-refractivity contribution in [2.45, 2.75) is 53.0 Å². The molecule has 2 unspecified atom stereocenters. The van der Waals surface area contributed by atoms with Crippen LogP contribution in [0.3, 0.4) is 0 Å². The van der Waals surface area contributed by atoms with Crippen molar-refractivity contribution in [1.82, 2.24) is 29.4 Å². The van der Waals surface area contributed by atoms with E-state index in [1.165, 1.54) is 11.5 Å². The zero-order chi connectivity index (χ0) is 20.5. The van der Waals surface area contributed by atoms with E-state index in [1.807, 2.05) is 49.4 Å². The highest BCUT2D eigenvalue weighted by molar-refractivity contribution is 7.09. The quantitative estimate of drug-likeness (QED) is 0.636. The van der Waals surface area contributed by atoms with Crippen LogP contribution in [0.15, 0.2) is 16.7 Å². The second-order valence-corrected chi connectivity index (χ2v) is 8.71. The molecule has 1 amide bonds. The van der Waals surface area contributed by atoms with E-state index in [2.05, 4.69) is 19.8 Å². The Balaban J connectivity index is 1.47. The number of rotatable bonds is 5. The van der Waals surface area contributed by atoms with Crippen LogP contribution in [0.4, 0.5) is 0 Å². The third-order valence-corrected chi connectivity index (χ3v) is 6.21. The maximum absolute atomic E-state index is 13.1. The van der Waals surface area contributed by atoms with Crippen LogP contribution < -0.4 is 0 Å². The van der Waals surface area contributed by atoms with Crippen molar-refractivity contribution in [3.63, 3.8) is 0 Å². The number of likely N-dealkylation sites (tertiary alicyclic amines) is 1. The molecular formula is C20H26N6O2S. The third-order valence-electron chi connectivity index (χ3n) is 5.46. The van der Waals surface area contributed by atoms with Crippen LogP contribution in [0.1, 0.15) is 48.5 Å². The van der Waals surface area contributed by atoms with E-state index in [4.69, 9.17) is 4.52 Å².